The molecule has 0 spiro atoms. The largest absolute Gasteiger partial charge is 0.487 e. The molecule has 0 aliphatic heterocycles. The summed E-state index contributed by atoms with van der Waals surface area (Å²) in [5, 5.41) is 5.46. The van der Waals surface area contributed by atoms with E-state index in [9.17, 15) is 0 Å². The van der Waals surface area contributed by atoms with Gasteiger partial charge in [-0.1, -0.05) is 19.1 Å². The van der Waals surface area contributed by atoms with Crippen LogP contribution in [0.3, 0.4) is 0 Å². The highest BCUT2D eigenvalue weighted by Crippen LogP contribution is 2.27. The zero-order chi connectivity index (χ0) is 13.5. The van der Waals surface area contributed by atoms with Gasteiger partial charge in [0.1, 0.15) is 12.4 Å². The summed E-state index contributed by atoms with van der Waals surface area (Å²) in [6.07, 6.45) is 1.16. The van der Waals surface area contributed by atoms with Gasteiger partial charge in [0.25, 0.3) is 0 Å². The molecule has 0 atom stereocenters. The molecule has 2 rings (SSSR count). The number of thiophene rings is 1. The lowest BCUT2D eigenvalue weighted by molar-refractivity contribution is 0.307. The van der Waals surface area contributed by atoms with Gasteiger partial charge in [-0.05, 0) is 58.0 Å². The third-order valence-corrected chi connectivity index (χ3v) is 4.17. The van der Waals surface area contributed by atoms with Crippen LogP contribution in [0.5, 0.6) is 5.75 Å². The highest BCUT2D eigenvalue weighted by atomic mass is 79.9. The first-order valence-corrected chi connectivity index (χ1v) is 8.11. The Kier molecular flexibility index (Phi) is 5.89. The molecule has 2 nitrogen and oxygen atoms in total. The van der Waals surface area contributed by atoms with E-state index >= 15 is 0 Å². The van der Waals surface area contributed by atoms with Crippen LogP contribution in [-0.4, -0.2) is 6.54 Å². The maximum Gasteiger partial charge on any atom is 0.134 e. The van der Waals surface area contributed by atoms with Crippen LogP contribution in [0.1, 0.15) is 23.8 Å². The standard InChI is InChI=1S/C15H18BrNOS/c1-2-7-17-10-12-5-6-15(14(16)9-12)18-11-13-4-3-8-19-13/h3-6,8-9,17H,2,7,10-11H2,1H3. The molecule has 19 heavy (non-hydrogen) atoms. The summed E-state index contributed by atoms with van der Waals surface area (Å²) in [7, 11) is 0. The van der Waals surface area contributed by atoms with Crippen molar-refractivity contribution in [2.24, 2.45) is 0 Å². The topological polar surface area (TPSA) is 21.3 Å². The zero-order valence-corrected chi connectivity index (χ0v) is 13.4. The first kappa shape index (κ1) is 14.6. The molecular formula is C15H18BrNOS. The van der Waals surface area contributed by atoms with Crippen LogP contribution in [0, 0.1) is 0 Å². The van der Waals surface area contributed by atoms with E-state index < -0.39 is 0 Å². The maximum absolute atomic E-state index is 5.80. The normalized spacial score (nSPS) is 10.6. The zero-order valence-electron chi connectivity index (χ0n) is 11.0. The lowest BCUT2D eigenvalue weighted by atomic mass is 10.2. The average Bonchev–Trinajstić information content (AvgIpc) is 2.91. The van der Waals surface area contributed by atoms with Crippen molar-refractivity contribution < 1.29 is 4.74 Å². The summed E-state index contributed by atoms with van der Waals surface area (Å²) < 4.78 is 6.82. The summed E-state index contributed by atoms with van der Waals surface area (Å²) in [6, 6.07) is 10.4. The molecular weight excluding hydrogens is 322 g/mol. The predicted molar refractivity (Wildman–Crippen MR) is 84.8 cm³/mol. The predicted octanol–water partition coefficient (Wildman–Crippen LogP) is 4.59. The Bertz CT molecular complexity index is 499. The summed E-state index contributed by atoms with van der Waals surface area (Å²) in [5.74, 6) is 0.896. The Hall–Kier alpha value is -0.840. The van der Waals surface area contributed by atoms with Gasteiger partial charge in [0, 0.05) is 11.4 Å². The molecule has 0 unspecified atom stereocenters. The van der Waals surface area contributed by atoms with Crippen LogP contribution < -0.4 is 10.1 Å². The van der Waals surface area contributed by atoms with E-state index in [2.05, 4.69) is 51.7 Å². The van der Waals surface area contributed by atoms with Gasteiger partial charge in [-0.2, -0.15) is 0 Å². The Morgan fingerprint density at radius 2 is 2.21 bits per heavy atom. The van der Waals surface area contributed by atoms with Crippen molar-refractivity contribution in [1.29, 1.82) is 0 Å². The highest BCUT2D eigenvalue weighted by Gasteiger charge is 2.03. The molecule has 0 bridgehead atoms. The quantitative estimate of drug-likeness (QED) is 0.745. The minimum atomic E-state index is 0.629. The molecule has 2 aromatic rings. The Labute approximate surface area is 126 Å². The van der Waals surface area contributed by atoms with E-state index in [0.29, 0.717) is 6.61 Å². The maximum atomic E-state index is 5.80. The molecule has 1 aromatic carbocycles. The Morgan fingerprint density at radius 1 is 1.32 bits per heavy atom. The summed E-state index contributed by atoms with van der Waals surface area (Å²) in [5.41, 5.74) is 1.27. The van der Waals surface area contributed by atoms with Crippen LogP contribution in [-0.2, 0) is 13.2 Å². The van der Waals surface area contributed by atoms with Crippen molar-refractivity contribution in [3.63, 3.8) is 0 Å². The number of halogens is 1. The molecule has 0 saturated heterocycles. The van der Waals surface area contributed by atoms with E-state index in [-0.39, 0.29) is 0 Å². The van der Waals surface area contributed by atoms with Gasteiger partial charge < -0.3 is 10.1 Å². The summed E-state index contributed by atoms with van der Waals surface area (Å²) >= 11 is 5.29. The lowest BCUT2D eigenvalue weighted by Gasteiger charge is -2.09. The van der Waals surface area contributed by atoms with Crippen LogP contribution in [0.2, 0.25) is 0 Å². The fraction of sp³-hybridized carbons (Fsp3) is 0.333. The number of hydrogen-bond acceptors (Lipinski definition) is 3. The summed E-state index contributed by atoms with van der Waals surface area (Å²) in [4.78, 5) is 1.24. The van der Waals surface area contributed by atoms with E-state index in [1.807, 2.05) is 12.1 Å². The Balaban J connectivity index is 1.91. The van der Waals surface area contributed by atoms with Gasteiger partial charge in [-0.3, -0.25) is 0 Å². The molecule has 0 amide bonds. The van der Waals surface area contributed by atoms with Crippen LogP contribution in [0.4, 0.5) is 0 Å². The van der Waals surface area contributed by atoms with Crippen molar-refractivity contribution in [3.05, 3.63) is 50.6 Å². The SMILES string of the molecule is CCCNCc1ccc(OCc2cccs2)c(Br)c1. The van der Waals surface area contributed by atoms with Gasteiger partial charge >= 0.3 is 0 Å². The molecule has 1 N–H and O–H groups in total. The molecule has 0 saturated carbocycles. The number of rotatable bonds is 7. The number of hydrogen-bond donors (Lipinski definition) is 1. The third kappa shape index (κ3) is 4.64. The minimum absolute atomic E-state index is 0.629. The number of ether oxygens (including phenoxy) is 1. The van der Waals surface area contributed by atoms with Gasteiger partial charge in [0.2, 0.25) is 0 Å². The second kappa shape index (κ2) is 7.68. The molecule has 4 heteroatoms. The highest BCUT2D eigenvalue weighted by molar-refractivity contribution is 9.10. The fourth-order valence-corrected chi connectivity index (χ4v) is 2.88. The molecule has 1 heterocycles. The van der Waals surface area contributed by atoms with Gasteiger partial charge in [0.15, 0.2) is 0 Å². The fourth-order valence-electron chi connectivity index (χ4n) is 1.72. The van der Waals surface area contributed by atoms with Crippen molar-refractivity contribution in [2.45, 2.75) is 26.5 Å². The van der Waals surface area contributed by atoms with Crippen LogP contribution in [0.25, 0.3) is 0 Å². The van der Waals surface area contributed by atoms with Crippen molar-refractivity contribution in [3.8, 4) is 5.75 Å². The van der Waals surface area contributed by atoms with Gasteiger partial charge in [-0.25, -0.2) is 0 Å². The van der Waals surface area contributed by atoms with Crippen LogP contribution in [0.15, 0.2) is 40.2 Å². The second-order valence-corrected chi connectivity index (χ2v) is 6.20. The molecule has 102 valence electrons. The first-order valence-electron chi connectivity index (χ1n) is 6.44. The van der Waals surface area contributed by atoms with E-state index in [4.69, 9.17) is 4.74 Å². The molecule has 0 fully saturated rings. The first-order chi connectivity index (χ1) is 9.29. The molecule has 0 aliphatic carbocycles. The van der Waals surface area contributed by atoms with Crippen molar-refractivity contribution in [1.82, 2.24) is 5.32 Å². The second-order valence-electron chi connectivity index (χ2n) is 4.31. The monoisotopic (exact) mass is 339 g/mol. The van der Waals surface area contributed by atoms with Crippen molar-refractivity contribution >= 4 is 27.3 Å². The van der Waals surface area contributed by atoms with E-state index in [1.54, 1.807) is 11.3 Å². The van der Waals surface area contributed by atoms with Gasteiger partial charge in [0.05, 0.1) is 4.47 Å². The van der Waals surface area contributed by atoms with Crippen molar-refractivity contribution in [2.75, 3.05) is 6.54 Å². The molecule has 1 aromatic heterocycles. The average molecular weight is 340 g/mol. The number of benzene rings is 1. The van der Waals surface area contributed by atoms with Crippen LogP contribution >= 0.6 is 27.3 Å². The summed E-state index contributed by atoms with van der Waals surface area (Å²) in [6.45, 7) is 4.75. The third-order valence-electron chi connectivity index (χ3n) is 2.70. The minimum Gasteiger partial charge on any atom is -0.487 e. The number of nitrogens with one attached hydrogen (secondary N) is 1. The Morgan fingerprint density at radius 3 is 2.89 bits per heavy atom. The lowest BCUT2D eigenvalue weighted by Crippen LogP contribution is -2.13. The smallest absolute Gasteiger partial charge is 0.134 e. The van der Waals surface area contributed by atoms with E-state index in [1.165, 1.54) is 10.4 Å². The molecule has 0 aliphatic rings. The van der Waals surface area contributed by atoms with E-state index in [0.717, 1.165) is 29.7 Å². The molecule has 0 radical (unpaired) electrons. The van der Waals surface area contributed by atoms with Gasteiger partial charge in [-0.15, -0.1) is 11.3 Å².